The average molecular weight is 266 g/mol. The molecule has 0 spiro atoms. The van der Waals surface area contributed by atoms with Gasteiger partial charge in [-0.25, -0.2) is 4.39 Å². The van der Waals surface area contributed by atoms with Crippen LogP contribution in [-0.4, -0.2) is 30.6 Å². The van der Waals surface area contributed by atoms with Crippen molar-refractivity contribution in [2.75, 3.05) is 13.7 Å². The number of hydrogen-bond donors (Lipinski definition) is 1. The van der Waals surface area contributed by atoms with Crippen LogP contribution in [0.5, 0.6) is 0 Å². The number of esters is 1. The van der Waals surface area contributed by atoms with Gasteiger partial charge in [0.05, 0.1) is 7.11 Å². The first-order valence-corrected chi connectivity index (χ1v) is 6.45. The van der Waals surface area contributed by atoms with Crippen LogP contribution in [0.4, 0.5) is 4.39 Å². The second-order valence-electron chi connectivity index (χ2n) is 4.78. The highest BCUT2D eigenvalue weighted by atomic mass is 19.1. The van der Waals surface area contributed by atoms with Gasteiger partial charge >= 0.3 is 5.97 Å². The van der Waals surface area contributed by atoms with Gasteiger partial charge in [-0.2, -0.15) is 0 Å². The predicted molar refractivity (Wildman–Crippen MR) is 69.7 cm³/mol. The zero-order chi connectivity index (χ0) is 13.8. The van der Waals surface area contributed by atoms with Gasteiger partial charge in [-0.1, -0.05) is 12.1 Å². The molecule has 4 nitrogen and oxygen atoms in total. The molecule has 1 aromatic rings. The predicted octanol–water partition coefficient (Wildman–Crippen LogP) is 1.42. The van der Waals surface area contributed by atoms with Crippen LogP contribution in [0.2, 0.25) is 0 Å². The lowest BCUT2D eigenvalue weighted by atomic mass is 10.1. The van der Waals surface area contributed by atoms with Crippen molar-refractivity contribution in [3.8, 4) is 0 Å². The zero-order valence-corrected chi connectivity index (χ0v) is 11.1. The van der Waals surface area contributed by atoms with Gasteiger partial charge in [-0.3, -0.25) is 9.69 Å². The topological polar surface area (TPSA) is 55.6 Å². The monoisotopic (exact) mass is 266 g/mol. The normalized spacial score (nSPS) is 19.6. The molecule has 1 unspecified atom stereocenters. The summed E-state index contributed by atoms with van der Waals surface area (Å²) < 4.78 is 18.6. The van der Waals surface area contributed by atoms with Gasteiger partial charge in [0.25, 0.3) is 0 Å². The maximum Gasteiger partial charge on any atom is 0.323 e. The van der Waals surface area contributed by atoms with Gasteiger partial charge in [-0.15, -0.1) is 0 Å². The molecule has 1 fully saturated rings. The van der Waals surface area contributed by atoms with Crippen LogP contribution in [-0.2, 0) is 22.6 Å². The molecule has 0 radical (unpaired) electrons. The molecule has 1 aliphatic rings. The van der Waals surface area contributed by atoms with E-state index < -0.39 is 0 Å². The van der Waals surface area contributed by atoms with E-state index in [9.17, 15) is 9.18 Å². The van der Waals surface area contributed by atoms with E-state index in [0.717, 1.165) is 24.9 Å². The fourth-order valence-corrected chi connectivity index (χ4v) is 2.51. The van der Waals surface area contributed by atoms with Crippen molar-refractivity contribution in [3.63, 3.8) is 0 Å². The largest absolute Gasteiger partial charge is 0.468 e. The number of carbonyl (C=O) groups excluding carboxylic acids is 1. The first kappa shape index (κ1) is 14.0. The lowest BCUT2D eigenvalue weighted by Crippen LogP contribution is -2.36. The maximum atomic E-state index is 13.8. The van der Waals surface area contributed by atoms with Gasteiger partial charge < -0.3 is 10.5 Å². The molecule has 0 aromatic heterocycles. The molecule has 19 heavy (non-hydrogen) atoms. The summed E-state index contributed by atoms with van der Waals surface area (Å²) in [6.45, 7) is 1.58. The highest BCUT2D eigenvalue weighted by Crippen LogP contribution is 2.22. The Morgan fingerprint density at radius 1 is 1.58 bits per heavy atom. The first-order valence-electron chi connectivity index (χ1n) is 6.45. The van der Waals surface area contributed by atoms with E-state index in [0.29, 0.717) is 18.7 Å². The Morgan fingerprint density at radius 2 is 2.37 bits per heavy atom. The van der Waals surface area contributed by atoms with Crippen LogP contribution in [0.25, 0.3) is 0 Å². The zero-order valence-electron chi connectivity index (χ0n) is 11.1. The number of ether oxygens (including phenoxy) is 1. The summed E-state index contributed by atoms with van der Waals surface area (Å²) >= 11 is 0. The van der Waals surface area contributed by atoms with Crippen LogP contribution in [0.1, 0.15) is 24.0 Å². The van der Waals surface area contributed by atoms with E-state index in [2.05, 4.69) is 0 Å². The summed E-state index contributed by atoms with van der Waals surface area (Å²) in [4.78, 5) is 13.6. The Labute approximate surface area is 112 Å². The fourth-order valence-electron chi connectivity index (χ4n) is 2.51. The van der Waals surface area contributed by atoms with E-state index in [1.165, 1.54) is 13.2 Å². The number of hydrogen-bond acceptors (Lipinski definition) is 4. The molecule has 2 N–H and O–H groups in total. The molecular formula is C14H19FN2O2. The molecule has 1 saturated heterocycles. The van der Waals surface area contributed by atoms with Gasteiger partial charge in [-0.05, 0) is 31.0 Å². The van der Waals surface area contributed by atoms with Crippen molar-refractivity contribution in [2.45, 2.75) is 32.0 Å². The van der Waals surface area contributed by atoms with Crippen molar-refractivity contribution in [3.05, 3.63) is 35.1 Å². The molecule has 104 valence electrons. The molecule has 2 rings (SSSR count). The minimum absolute atomic E-state index is 0.243. The molecule has 0 bridgehead atoms. The summed E-state index contributed by atoms with van der Waals surface area (Å²) in [7, 11) is 1.38. The minimum atomic E-state index is -0.258. The summed E-state index contributed by atoms with van der Waals surface area (Å²) in [6.07, 6.45) is 1.70. The quantitative estimate of drug-likeness (QED) is 0.837. The van der Waals surface area contributed by atoms with Gasteiger partial charge in [0.15, 0.2) is 0 Å². The maximum absolute atomic E-state index is 13.8. The van der Waals surface area contributed by atoms with Crippen LogP contribution < -0.4 is 5.73 Å². The fraction of sp³-hybridized carbons (Fsp3) is 0.500. The van der Waals surface area contributed by atoms with Crippen molar-refractivity contribution in [2.24, 2.45) is 5.73 Å². The molecule has 1 heterocycles. The Bertz CT molecular complexity index is 465. The van der Waals surface area contributed by atoms with Gasteiger partial charge in [0, 0.05) is 18.7 Å². The molecule has 0 amide bonds. The number of nitrogens with two attached hydrogens (primary N) is 1. The SMILES string of the molecule is COC(=O)C1CCCN1Cc1cc(CN)ccc1F. The Kier molecular flexibility index (Phi) is 4.50. The van der Waals surface area contributed by atoms with Crippen molar-refractivity contribution < 1.29 is 13.9 Å². The number of benzene rings is 1. The van der Waals surface area contributed by atoms with Crippen LogP contribution in [0, 0.1) is 5.82 Å². The van der Waals surface area contributed by atoms with Crippen LogP contribution >= 0.6 is 0 Å². The van der Waals surface area contributed by atoms with Crippen LogP contribution in [0.3, 0.4) is 0 Å². The summed E-state index contributed by atoms with van der Waals surface area (Å²) in [6, 6.07) is 4.62. The molecule has 5 heteroatoms. The minimum Gasteiger partial charge on any atom is -0.468 e. The highest BCUT2D eigenvalue weighted by Gasteiger charge is 2.31. The van der Waals surface area contributed by atoms with E-state index in [-0.39, 0.29) is 17.8 Å². The number of carbonyl (C=O) groups is 1. The lowest BCUT2D eigenvalue weighted by Gasteiger charge is -2.22. The Balaban J connectivity index is 2.14. The third-order valence-corrected chi connectivity index (χ3v) is 3.56. The third-order valence-electron chi connectivity index (χ3n) is 3.56. The van der Waals surface area contributed by atoms with Crippen molar-refractivity contribution in [1.82, 2.24) is 4.90 Å². The molecule has 1 aromatic carbocycles. The third kappa shape index (κ3) is 3.11. The van der Waals surface area contributed by atoms with Gasteiger partial charge in [0.1, 0.15) is 11.9 Å². The number of halogens is 1. The summed E-state index contributed by atoms with van der Waals surface area (Å²) in [5.74, 6) is -0.499. The smallest absolute Gasteiger partial charge is 0.323 e. The van der Waals surface area contributed by atoms with Crippen molar-refractivity contribution >= 4 is 5.97 Å². The van der Waals surface area contributed by atoms with E-state index in [1.54, 1.807) is 12.1 Å². The number of nitrogens with zero attached hydrogens (tertiary/aromatic N) is 1. The molecule has 0 aliphatic carbocycles. The second kappa shape index (κ2) is 6.12. The van der Waals surface area contributed by atoms with E-state index >= 15 is 0 Å². The van der Waals surface area contributed by atoms with E-state index in [4.69, 9.17) is 10.5 Å². The Morgan fingerprint density at radius 3 is 3.05 bits per heavy atom. The standard InChI is InChI=1S/C14H19FN2O2/c1-19-14(18)13-3-2-6-17(13)9-11-7-10(8-16)4-5-12(11)15/h4-5,7,13H,2-3,6,8-9,16H2,1H3. The van der Waals surface area contributed by atoms with Crippen molar-refractivity contribution in [1.29, 1.82) is 0 Å². The second-order valence-corrected chi connectivity index (χ2v) is 4.78. The molecule has 1 aliphatic heterocycles. The highest BCUT2D eigenvalue weighted by molar-refractivity contribution is 5.75. The summed E-state index contributed by atoms with van der Waals surface area (Å²) in [5, 5.41) is 0. The lowest BCUT2D eigenvalue weighted by molar-refractivity contribution is -0.146. The number of rotatable bonds is 4. The van der Waals surface area contributed by atoms with E-state index in [1.807, 2.05) is 4.90 Å². The molecule has 1 atom stereocenters. The molecule has 0 saturated carbocycles. The average Bonchev–Trinajstić information content (AvgIpc) is 2.88. The summed E-state index contributed by atoms with van der Waals surface area (Å²) in [5.41, 5.74) is 7.04. The number of methoxy groups -OCH3 is 1. The van der Waals surface area contributed by atoms with Gasteiger partial charge in [0.2, 0.25) is 0 Å². The number of likely N-dealkylation sites (tertiary alicyclic amines) is 1. The first-order chi connectivity index (χ1) is 9.15. The Hall–Kier alpha value is -1.46. The van der Waals surface area contributed by atoms with Crippen LogP contribution in [0.15, 0.2) is 18.2 Å². The molecular weight excluding hydrogens is 247 g/mol.